The fourth-order valence-electron chi connectivity index (χ4n) is 3.37. The average Bonchev–Trinajstić information content (AvgIpc) is 2.72. The minimum atomic E-state index is 0.729. The first kappa shape index (κ1) is 17.5. The first-order chi connectivity index (χ1) is 13.2. The van der Waals surface area contributed by atoms with Crippen molar-refractivity contribution in [3.8, 4) is 17.1 Å². The standard InChI is InChI=1S/C22H24N4O/c1-3-11-27-20-7-6-19-15-26(10-8-17(19)13-20)21-12-16(2)24-22(25-21)18-5-4-9-23-14-18/h4-7,9,12-14H,3,8,10-11,15H2,1-2H3. The normalized spacial score (nSPS) is 13.3. The zero-order valence-corrected chi connectivity index (χ0v) is 15.9. The molecule has 0 unspecified atom stereocenters. The van der Waals surface area contributed by atoms with Crippen LogP contribution in [0.5, 0.6) is 5.75 Å². The summed E-state index contributed by atoms with van der Waals surface area (Å²) in [6.45, 7) is 6.70. The molecule has 0 saturated carbocycles. The Kier molecular flexibility index (Phi) is 5.01. The predicted molar refractivity (Wildman–Crippen MR) is 107 cm³/mol. The van der Waals surface area contributed by atoms with E-state index in [1.807, 2.05) is 25.3 Å². The third-order valence-electron chi connectivity index (χ3n) is 4.75. The number of aromatic nitrogens is 3. The molecule has 0 fully saturated rings. The molecule has 0 N–H and O–H groups in total. The highest BCUT2D eigenvalue weighted by molar-refractivity contribution is 5.57. The molecule has 5 nitrogen and oxygen atoms in total. The number of fused-ring (bicyclic) bond motifs is 1. The second-order valence-electron chi connectivity index (χ2n) is 6.88. The van der Waals surface area contributed by atoms with Crippen LogP contribution in [-0.4, -0.2) is 28.1 Å². The van der Waals surface area contributed by atoms with Crippen LogP contribution in [0.1, 0.15) is 30.2 Å². The highest BCUT2D eigenvalue weighted by Gasteiger charge is 2.19. The highest BCUT2D eigenvalue weighted by Crippen LogP contribution is 2.28. The fraction of sp³-hybridized carbons (Fsp3) is 0.318. The minimum absolute atomic E-state index is 0.729. The van der Waals surface area contributed by atoms with Crippen LogP contribution in [0.15, 0.2) is 48.8 Å². The molecule has 0 saturated heterocycles. The molecule has 0 amide bonds. The van der Waals surface area contributed by atoms with Crippen molar-refractivity contribution in [1.29, 1.82) is 0 Å². The summed E-state index contributed by atoms with van der Waals surface area (Å²) in [5.41, 5.74) is 4.62. The Balaban J connectivity index is 1.58. The van der Waals surface area contributed by atoms with E-state index >= 15 is 0 Å². The van der Waals surface area contributed by atoms with Crippen LogP contribution in [0.25, 0.3) is 11.4 Å². The summed E-state index contributed by atoms with van der Waals surface area (Å²) in [5.74, 6) is 2.67. The summed E-state index contributed by atoms with van der Waals surface area (Å²) < 4.78 is 5.77. The maximum absolute atomic E-state index is 5.77. The smallest absolute Gasteiger partial charge is 0.163 e. The van der Waals surface area contributed by atoms with Gasteiger partial charge in [-0.3, -0.25) is 4.98 Å². The molecule has 27 heavy (non-hydrogen) atoms. The van der Waals surface area contributed by atoms with Gasteiger partial charge in [0.1, 0.15) is 11.6 Å². The number of nitrogens with zero attached hydrogens (tertiary/aromatic N) is 4. The minimum Gasteiger partial charge on any atom is -0.494 e. The summed E-state index contributed by atoms with van der Waals surface area (Å²) in [6, 6.07) is 12.4. The van der Waals surface area contributed by atoms with Crippen molar-refractivity contribution in [3.63, 3.8) is 0 Å². The molecule has 0 bridgehead atoms. The summed E-state index contributed by atoms with van der Waals surface area (Å²) in [4.78, 5) is 15.9. The molecular weight excluding hydrogens is 336 g/mol. The van der Waals surface area contributed by atoms with Crippen molar-refractivity contribution < 1.29 is 4.74 Å². The molecule has 3 aromatic rings. The molecule has 0 aliphatic carbocycles. The Labute approximate surface area is 160 Å². The number of pyridine rings is 1. The van der Waals surface area contributed by atoms with Crippen LogP contribution in [-0.2, 0) is 13.0 Å². The lowest BCUT2D eigenvalue weighted by Crippen LogP contribution is -2.31. The van der Waals surface area contributed by atoms with Gasteiger partial charge in [0.05, 0.1) is 6.61 Å². The lowest BCUT2D eigenvalue weighted by Gasteiger charge is -2.30. The van der Waals surface area contributed by atoms with Gasteiger partial charge in [-0.25, -0.2) is 9.97 Å². The number of ether oxygens (including phenoxy) is 1. The third-order valence-corrected chi connectivity index (χ3v) is 4.75. The quantitative estimate of drug-likeness (QED) is 0.682. The fourth-order valence-corrected chi connectivity index (χ4v) is 3.37. The van der Waals surface area contributed by atoms with Gasteiger partial charge < -0.3 is 9.64 Å². The van der Waals surface area contributed by atoms with Crippen LogP contribution >= 0.6 is 0 Å². The van der Waals surface area contributed by atoms with Crippen molar-refractivity contribution in [2.45, 2.75) is 33.2 Å². The lowest BCUT2D eigenvalue weighted by molar-refractivity contribution is 0.317. The van der Waals surface area contributed by atoms with Crippen molar-refractivity contribution in [2.75, 3.05) is 18.1 Å². The number of hydrogen-bond acceptors (Lipinski definition) is 5. The molecule has 3 heterocycles. The van der Waals surface area contributed by atoms with E-state index in [-0.39, 0.29) is 0 Å². The number of benzene rings is 1. The molecule has 0 spiro atoms. The van der Waals surface area contributed by atoms with Crippen LogP contribution in [0.2, 0.25) is 0 Å². The molecule has 2 aromatic heterocycles. The number of aryl methyl sites for hydroxylation is 1. The van der Waals surface area contributed by atoms with Gasteiger partial charge in [-0.2, -0.15) is 0 Å². The molecule has 0 radical (unpaired) electrons. The molecule has 5 heteroatoms. The van der Waals surface area contributed by atoms with Crippen molar-refractivity contribution in [2.24, 2.45) is 0 Å². The second kappa shape index (κ2) is 7.74. The van der Waals surface area contributed by atoms with E-state index < -0.39 is 0 Å². The monoisotopic (exact) mass is 360 g/mol. The maximum atomic E-state index is 5.77. The highest BCUT2D eigenvalue weighted by atomic mass is 16.5. The van der Waals surface area contributed by atoms with Gasteiger partial charge in [0, 0.05) is 42.8 Å². The summed E-state index contributed by atoms with van der Waals surface area (Å²) in [7, 11) is 0. The van der Waals surface area contributed by atoms with Crippen molar-refractivity contribution in [1.82, 2.24) is 15.0 Å². The van der Waals surface area contributed by atoms with E-state index in [0.717, 1.165) is 61.2 Å². The van der Waals surface area contributed by atoms with E-state index in [1.165, 1.54) is 11.1 Å². The average molecular weight is 360 g/mol. The molecule has 1 aromatic carbocycles. The first-order valence-corrected chi connectivity index (χ1v) is 9.48. The Bertz CT molecular complexity index is 927. The van der Waals surface area contributed by atoms with Gasteiger partial charge in [0.2, 0.25) is 0 Å². The van der Waals surface area contributed by atoms with Gasteiger partial charge in [-0.05, 0) is 55.2 Å². The molecule has 1 aliphatic rings. The largest absolute Gasteiger partial charge is 0.494 e. The molecule has 4 rings (SSSR count). The Morgan fingerprint density at radius 2 is 2.04 bits per heavy atom. The molecule has 0 atom stereocenters. The van der Waals surface area contributed by atoms with Gasteiger partial charge in [0.15, 0.2) is 5.82 Å². The zero-order valence-electron chi connectivity index (χ0n) is 15.9. The molecule has 138 valence electrons. The zero-order chi connectivity index (χ0) is 18.6. The Morgan fingerprint density at radius 1 is 1.11 bits per heavy atom. The van der Waals surface area contributed by atoms with Crippen LogP contribution in [0.3, 0.4) is 0 Å². The SMILES string of the molecule is CCCOc1ccc2c(c1)CCN(c1cc(C)nc(-c3cccnc3)n1)C2. The second-order valence-corrected chi connectivity index (χ2v) is 6.88. The molecular formula is C22H24N4O. The van der Waals surface area contributed by atoms with Gasteiger partial charge in [-0.15, -0.1) is 0 Å². The Hall–Kier alpha value is -2.95. The van der Waals surface area contributed by atoms with Crippen LogP contribution in [0.4, 0.5) is 5.82 Å². The van der Waals surface area contributed by atoms with Gasteiger partial charge in [0.25, 0.3) is 0 Å². The number of rotatable bonds is 5. The van der Waals surface area contributed by atoms with E-state index in [0.29, 0.717) is 0 Å². The van der Waals surface area contributed by atoms with E-state index in [2.05, 4.69) is 46.1 Å². The van der Waals surface area contributed by atoms with Crippen LogP contribution in [0, 0.1) is 6.92 Å². The summed E-state index contributed by atoms with van der Waals surface area (Å²) in [5, 5.41) is 0. The molecule has 1 aliphatic heterocycles. The topological polar surface area (TPSA) is 51.1 Å². The summed E-state index contributed by atoms with van der Waals surface area (Å²) >= 11 is 0. The van der Waals surface area contributed by atoms with Gasteiger partial charge in [-0.1, -0.05) is 13.0 Å². The van der Waals surface area contributed by atoms with Crippen LogP contribution < -0.4 is 9.64 Å². The van der Waals surface area contributed by atoms with Gasteiger partial charge >= 0.3 is 0 Å². The van der Waals surface area contributed by atoms with Crippen molar-refractivity contribution in [3.05, 3.63) is 65.6 Å². The lowest BCUT2D eigenvalue weighted by atomic mass is 9.99. The maximum Gasteiger partial charge on any atom is 0.163 e. The number of anilines is 1. The van der Waals surface area contributed by atoms with E-state index in [1.54, 1.807) is 6.20 Å². The predicted octanol–water partition coefficient (Wildman–Crippen LogP) is 4.20. The third kappa shape index (κ3) is 3.92. The number of hydrogen-bond donors (Lipinski definition) is 0. The first-order valence-electron chi connectivity index (χ1n) is 9.48. The van der Waals surface area contributed by atoms with E-state index in [4.69, 9.17) is 9.72 Å². The van der Waals surface area contributed by atoms with Crippen molar-refractivity contribution >= 4 is 5.82 Å². The Morgan fingerprint density at radius 3 is 2.85 bits per heavy atom. The van der Waals surface area contributed by atoms with E-state index in [9.17, 15) is 0 Å². The summed E-state index contributed by atoms with van der Waals surface area (Å²) in [6.07, 6.45) is 5.59.